The normalized spacial score (nSPS) is 10.8. The molecule has 1 nitrogen and oxygen atoms in total. The number of benzene rings is 2. The topological polar surface area (TPSA) is 12.9 Å². The molecular weight excluding hydrogens is 242 g/mol. The fraction of sp³-hybridized carbons (Fsp3) is 0.158. The molecule has 0 bridgehead atoms. The Hall–Kier alpha value is -2.15. The molecule has 3 aromatic rings. The van der Waals surface area contributed by atoms with E-state index in [1.54, 1.807) is 0 Å². The van der Waals surface area contributed by atoms with Gasteiger partial charge in [-0.1, -0.05) is 61.9 Å². The highest BCUT2D eigenvalue weighted by atomic mass is 14.7. The van der Waals surface area contributed by atoms with Crippen LogP contribution < -0.4 is 0 Å². The number of aromatic nitrogens is 1. The maximum atomic E-state index is 4.80. The molecule has 20 heavy (non-hydrogen) atoms. The Kier molecular flexibility index (Phi) is 3.78. The second-order valence-electron chi connectivity index (χ2n) is 5.01. The number of aryl methyl sites for hydroxylation is 1. The molecule has 0 N–H and O–H groups in total. The Morgan fingerprint density at radius 1 is 0.900 bits per heavy atom. The van der Waals surface area contributed by atoms with E-state index in [4.69, 9.17) is 4.98 Å². The molecule has 0 fully saturated rings. The van der Waals surface area contributed by atoms with Crippen molar-refractivity contribution in [1.29, 1.82) is 0 Å². The van der Waals surface area contributed by atoms with Crippen molar-refractivity contribution < 1.29 is 0 Å². The van der Waals surface area contributed by atoms with Crippen LogP contribution in [-0.4, -0.2) is 4.98 Å². The zero-order valence-corrected chi connectivity index (χ0v) is 11.5. The number of unbranched alkanes of at least 4 members (excludes halogenated alkanes) is 1. The summed E-state index contributed by atoms with van der Waals surface area (Å²) < 4.78 is 0. The van der Waals surface area contributed by atoms with Crippen LogP contribution in [0.5, 0.6) is 0 Å². The Balaban J connectivity index is 2.14. The molecule has 0 aliphatic carbocycles. The molecule has 1 heterocycles. The lowest BCUT2D eigenvalue weighted by Crippen LogP contribution is -1.93. The number of nitrogens with zero attached hydrogens (tertiary/aromatic N) is 1. The minimum Gasteiger partial charge on any atom is -0.248 e. The Morgan fingerprint density at radius 3 is 2.45 bits per heavy atom. The summed E-state index contributed by atoms with van der Waals surface area (Å²) in [4.78, 5) is 4.80. The van der Waals surface area contributed by atoms with Gasteiger partial charge in [-0.25, -0.2) is 4.98 Å². The molecule has 0 aliphatic rings. The number of hydrogen-bond acceptors (Lipinski definition) is 1. The van der Waals surface area contributed by atoms with Crippen LogP contribution in [0.1, 0.15) is 18.4 Å². The van der Waals surface area contributed by atoms with Crippen molar-refractivity contribution >= 4 is 10.9 Å². The molecule has 0 saturated carbocycles. The SMILES string of the molecule is [CH2]CCCc1cc(-c2ccccc2)nc2ccccc12. The highest BCUT2D eigenvalue weighted by Crippen LogP contribution is 2.25. The molecule has 3 rings (SSSR count). The van der Waals surface area contributed by atoms with Crippen LogP contribution in [0.4, 0.5) is 0 Å². The second-order valence-corrected chi connectivity index (χ2v) is 5.01. The van der Waals surface area contributed by atoms with Crippen LogP contribution in [-0.2, 0) is 6.42 Å². The zero-order chi connectivity index (χ0) is 13.8. The van der Waals surface area contributed by atoms with E-state index in [2.05, 4.69) is 61.5 Å². The molecule has 99 valence electrons. The van der Waals surface area contributed by atoms with Crippen LogP contribution in [0.15, 0.2) is 60.7 Å². The average molecular weight is 260 g/mol. The zero-order valence-electron chi connectivity index (χ0n) is 11.5. The molecule has 0 spiro atoms. The first-order chi connectivity index (χ1) is 9.88. The predicted octanol–water partition coefficient (Wildman–Crippen LogP) is 5.06. The number of pyridine rings is 1. The van der Waals surface area contributed by atoms with Gasteiger partial charge in [0.15, 0.2) is 0 Å². The first-order valence-electron chi connectivity index (χ1n) is 7.12. The second kappa shape index (κ2) is 5.87. The summed E-state index contributed by atoms with van der Waals surface area (Å²) in [5, 5.41) is 1.26. The number of hydrogen-bond donors (Lipinski definition) is 0. The molecule has 1 aromatic heterocycles. The van der Waals surface area contributed by atoms with Gasteiger partial charge < -0.3 is 0 Å². The summed E-state index contributed by atoms with van der Waals surface area (Å²) in [6.45, 7) is 3.95. The molecule has 1 radical (unpaired) electrons. The van der Waals surface area contributed by atoms with E-state index in [1.165, 1.54) is 16.5 Å². The lowest BCUT2D eigenvalue weighted by atomic mass is 10.0. The van der Waals surface area contributed by atoms with E-state index >= 15 is 0 Å². The first-order valence-corrected chi connectivity index (χ1v) is 7.12. The van der Waals surface area contributed by atoms with Gasteiger partial charge in [-0.2, -0.15) is 0 Å². The van der Waals surface area contributed by atoms with Gasteiger partial charge in [-0.05, 0) is 30.5 Å². The summed E-state index contributed by atoms with van der Waals surface area (Å²) >= 11 is 0. The summed E-state index contributed by atoms with van der Waals surface area (Å²) in [6.07, 6.45) is 3.14. The summed E-state index contributed by atoms with van der Waals surface area (Å²) in [5.41, 5.74) is 4.68. The molecule has 0 amide bonds. The van der Waals surface area contributed by atoms with Crippen molar-refractivity contribution in [3.8, 4) is 11.3 Å². The number of rotatable bonds is 4. The lowest BCUT2D eigenvalue weighted by Gasteiger charge is -2.09. The van der Waals surface area contributed by atoms with Crippen molar-refractivity contribution in [2.45, 2.75) is 19.3 Å². The molecule has 1 heteroatoms. The van der Waals surface area contributed by atoms with E-state index < -0.39 is 0 Å². The molecular formula is C19H18N. The third kappa shape index (κ3) is 2.57. The van der Waals surface area contributed by atoms with E-state index in [0.717, 1.165) is 30.5 Å². The largest absolute Gasteiger partial charge is 0.248 e. The fourth-order valence-electron chi connectivity index (χ4n) is 2.53. The quantitative estimate of drug-likeness (QED) is 0.639. The van der Waals surface area contributed by atoms with Crippen LogP contribution in [0.2, 0.25) is 0 Å². The third-order valence-corrected chi connectivity index (χ3v) is 3.57. The molecule has 0 saturated heterocycles. The van der Waals surface area contributed by atoms with Crippen molar-refractivity contribution in [3.05, 3.63) is 73.2 Å². The fourth-order valence-corrected chi connectivity index (χ4v) is 2.53. The summed E-state index contributed by atoms with van der Waals surface area (Å²) in [6, 6.07) is 21.0. The van der Waals surface area contributed by atoms with Crippen molar-refractivity contribution in [1.82, 2.24) is 4.98 Å². The maximum Gasteiger partial charge on any atom is 0.0712 e. The van der Waals surface area contributed by atoms with E-state index in [-0.39, 0.29) is 0 Å². The van der Waals surface area contributed by atoms with Crippen LogP contribution in [0.3, 0.4) is 0 Å². The monoisotopic (exact) mass is 260 g/mol. The first kappa shape index (κ1) is 12.9. The maximum absolute atomic E-state index is 4.80. The minimum atomic E-state index is 0.970. The molecule has 2 aromatic carbocycles. The standard InChI is InChI=1S/C19H18N/c1-2-3-9-16-14-19(15-10-5-4-6-11-15)20-18-13-8-7-12-17(16)18/h4-8,10-14H,1-3,9H2. The van der Waals surface area contributed by atoms with Gasteiger partial charge in [0.05, 0.1) is 11.2 Å². The highest BCUT2D eigenvalue weighted by molar-refractivity contribution is 5.85. The van der Waals surface area contributed by atoms with Crippen molar-refractivity contribution in [2.24, 2.45) is 0 Å². The van der Waals surface area contributed by atoms with Gasteiger partial charge in [-0.3, -0.25) is 0 Å². The average Bonchev–Trinajstić information content (AvgIpc) is 2.53. The van der Waals surface area contributed by atoms with E-state index in [9.17, 15) is 0 Å². The van der Waals surface area contributed by atoms with Crippen LogP contribution >= 0.6 is 0 Å². The number of fused-ring (bicyclic) bond motifs is 1. The predicted molar refractivity (Wildman–Crippen MR) is 85.5 cm³/mol. The van der Waals surface area contributed by atoms with Crippen LogP contribution in [0.25, 0.3) is 22.2 Å². The van der Waals surface area contributed by atoms with Gasteiger partial charge >= 0.3 is 0 Å². The lowest BCUT2D eigenvalue weighted by molar-refractivity contribution is 0.845. The molecule has 0 atom stereocenters. The highest BCUT2D eigenvalue weighted by Gasteiger charge is 2.06. The molecule has 0 unspecified atom stereocenters. The molecule has 0 aliphatic heterocycles. The Morgan fingerprint density at radius 2 is 1.65 bits per heavy atom. The van der Waals surface area contributed by atoms with Crippen LogP contribution in [0, 0.1) is 6.92 Å². The van der Waals surface area contributed by atoms with E-state index in [1.807, 2.05) is 6.07 Å². The summed E-state index contributed by atoms with van der Waals surface area (Å²) in [7, 11) is 0. The van der Waals surface area contributed by atoms with Gasteiger partial charge in [0, 0.05) is 10.9 Å². The van der Waals surface area contributed by atoms with Gasteiger partial charge in [0.1, 0.15) is 0 Å². The van der Waals surface area contributed by atoms with Crippen molar-refractivity contribution in [3.63, 3.8) is 0 Å². The third-order valence-electron chi connectivity index (χ3n) is 3.57. The number of para-hydroxylation sites is 1. The van der Waals surface area contributed by atoms with Gasteiger partial charge in [-0.15, -0.1) is 0 Å². The van der Waals surface area contributed by atoms with E-state index in [0.29, 0.717) is 0 Å². The minimum absolute atomic E-state index is 0.970. The van der Waals surface area contributed by atoms with Gasteiger partial charge in [0.2, 0.25) is 0 Å². The Labute approximate surface area is 120 Å². The summed E-state index contributed by atoms with van der Waals surface area (Å²) in [5.74, 6) is 0. The Bertz CT molecular complexity index is 701. The van der Waals surface area contributed by atoms with Crippen molar-refractivity contribution in [2.75, 3.05) is 0 Å². The van der Waals surface area contributed by atoms with Gasteiger partial charge in [0.25, 0.3) is 0 Å². The smallest absolute Gasteiger partial charge is 0.0712 e.